The average Bonchev–Trinajstić information content (AvgIpc) is 2.79. The first-order valence-corrected chi connectivity index (χ1v) is 10.8. The van der Waals surface area contributed by atoms with Crippen LogP contribution < -0.4 is 11.1 Å². The molecule has 0 amide bonds. The standard InChI is InChI=1S/C24H18N4O2S/c1-16-11-12-21-25-17(13-22(29)27(21)14-16)15-31-24-26-20-10-6-5-9-19(20)23(30)28(24)18-7-3-2-4-8-18/h2-14H,15H2,1H3. The number of aromatic nitrogens is 4. The molecule has 0 saturated heterocycles. The summed E-state index contributed by atoms with van der Waals surface area (Å²) in [6, 6.07) is 22.1. The zero-order valence-corrected chi connectivity index (χ0v) is 17.5. The highest BCUT2D eigenvalue weighted by atomic mass is 32.2. The summed E-state index contributed by atoms with van der Waals surface area (Å²) in [6.45, 7) is 1.93. The van der Waals surface area contributed by atoms with Crippen molar-refractivity contribution >= 4 is 28.3 Å². The van der Waals surface area contributed by atoms with E-state index in [9.17, 15) is 9.59 Å². The molecule has 5 rings (SSSR count). The van der Waals surface area contributed by atoms with Crippen molar-refractivity contribution in [1.82, 2.24) is 18.9 Å². The van der Waals surface area contributed by atoms with E-state index in [2.05, 4.69) is 4.98 Å². The number of fused-ring (bicyclic) bond motifs is 2. The summed E-state index contributed by atoms with van der Waals surface area (Å²) < 4.78 is 3.15. The molecule has 0 fully saturated rings. The Kier molecular flexibility index (Phi) is 4.88. The van der Waals surface area contributed by atoms with E-state index in [4.69, 9.17) is 4.98 Å². The van der Waals surface area contributed by atoms with Crippen molar-refractivity contribution in [2.24, 2.45) is 0 Å². The lowest BCUT2D eigenvalue weighted by molar-refractivity contribution is 0.819. The monoisotopic (exact) mass is 426 g/mol. The average molecular weight is 427 g/mol. The highest BCUT2D eigenvalue weighted by molar-refractivity contribution is 7.98. The van der Waals surface area contributed by atoms with Gasteiger partial charge in [-0.2, -0.15) is 0 Å². The topological polar surface area (TPSA) is 69.3 Å². The Morgan fingerprint density at radius 2 is 1.68 bits per heavy atom. The Balaban J connectivity index is 1.59. The van der Waals surface area contributed by atoms with Gasteiger partial charge >= 0.3 is 0 Å². The summed E-state index contributed by atoms with van der Waals surface area (Å²) in [6.07, 6.45) is 1.78. The maximum atomic E-state index is 13.3. The number of hydrogen-bond donors (Lipinski definition) is 0. The van der Waals surface area contributed by atoms with Gasteiger partial charge in [-0.25, -0.2) is 9.97 Å². The van der Waals surface area contributed by atoms with Gasteiger partial charge in [0, 0.05) is 18.0 Å². The van der Waals surface area contributed by atoms with E-state index in [-0.39, 0.29) is 11.1 Å². The molecule has 6 nitrogen and oxygen atoms in total. The van der Waals surface area contributed by atoms with Crippen LogP contribution in [0.3, 0.4) is 0 Å². The summed E-state index contributed by atoms with van der Waals surface area (Å²) in [5.41, 5.74) is 3.37. The van der Waals surface area contributed by atoms with Crippen molar-refractivity contribution in [3.8, 4) is 5.69 Å². The Morgan fingerprint density at radius 1 is 0.903 bits per heavy atom. The van der Waals surface area contributed by atoms with E-state index in [1.54, 1.807) is 16.8 Å². The van der Waals surface area contributed by atoms with Gasteiger partial charge < -0.3 is 0 Å². The van der Waals surface area contributed by atoms with E-state index >= 15 is 0 Å². The highest BCUT2D eigenvalue weighted by Crippen LogP contribution is 2.24. The SMILES string of the molecule is Cc1ccc2nc(CSc3nc4ccccc4c(=O)n3-c3ccccc3)cc(=O)n2c1. The molecule has 0 aliphatic heterocycles. The van der Waals surface area contributed by atoms with E-state index in [0.29, 0.717) is 33.2 Å². The molecule has 0 spiro atoms. The third-order valence-electron chi connectivity index (χ3n) is 4.97. The Bertz CT molecular complexity index is 1540. The van der Waals surface area contributed by atoms with Crippen LogP contribution in [-0.4, -0.2) is 18.9 Å². The van der Waals surface area contributed by atoms with Crippen LogP contribution in [0.4, 0.5) is 0 Å². The first-order chi connectivity index (χ1) is 15.1. The van der Waals surface area contributed by atoms with Gasteiger partial charge in [0.25, 0.3) is 11.1 Å². The lowest BCUT2D eigenvalue weighted by Crippen LogP contribution is -2.21. The summed E-state index contributed by atoms with van der Waals surface area (Å²) >= 11 is 1.39. The predicted octanol–water partition coefficient (Wildman–Crippen LogP) is 3.99. The van der Waals surface area contributed by atoms with Gasteiger partial charge in [-0.1, -0.05) is 48.2 Å². The Hall–Kier alpha value is -3.71. The van der Waals surface area contributed by atoms with Crippen LogP contribution in [0.5, 0.6) is 0 Å². The van der Waals surface area contributed by atoms with Gasteiger partial charge in [-0.15, -0.1) is 0 Å². The van der Waals surface area contributed by atoms with Crippen LogP contribution in [0, 0.1) is 6.92 Å². The summed E-state index contributed by atoms with van der Waals surface area (Å²) in [5, 5.41) is 1.12. The molecule has 0 atom stereocenters. The first-order valence-electron chi connectivity index (χ1n) is 9.79. The number of rotatable bonds is 4. The van der Waals surface area contributed by atoms with E-state index < -0.39 is 0 Å². The van der Waals surface area contributed by atoms with Crippen LogP contribution in [-0.2, 0) is 5.75 Å². The predicted molar refractivity (Wildman–Crippen MR) is 123 cm³/mol. The number of benzene rings is 2. The molecule has 31 heavy (non-hydrogen) atoms. The van der Waals surface area contributed by atoms with Crippen LogP contribution in [0.25, 0.3) is 22.2 Å². The molecular formula is C24H18N4O2S. The van der Waals surface area contributed by atoms with Gasteiger partial charge in [0.05, 0.1) is 22.3 Å². The number of pyridine rings is 1. The summed E-state index contributed by atoms with van der Waals surface area (Å²) in [5.74, 6) is 0.414. The molecule has 0 bridgehead atoms. The smallest absolute Gasteiger partial charge is 0.266 e. The number of aryl methyl sites for hydroxylation is 1. The lowest BCUT2D eigenvalue weighted by atomic mass is 10.2. The molecular weight excluding hydrogens is 408 g/mol. The normalized spacial score (nSPS) is 11.3. The molecule has 0 radical (unpaired) electrons. The fraction of sp³-hybridized carbons (Fsp3) is 0.0833. The minimum absolute atomic E-state index is 0.124. The minimum atomic E-state index is -0.128. The second kappa shape index (κ2) is 7.85. The largest absolute Gasteiger partial charge is 0.269 e. The van der Waals surface area contributed by atoms with Crippen molar-refractivity contribution < 1.29 is 0 Å². The van der Waals surface area contributed by atoms with Crippen molar-refractivity contribution in [1.29, 1.82) is 0 Å². The quantitative estimate of drug-likeness (QED) is 0.321. The second-order valence-corrected chi connectivity index (χ2v) is 8.14. The number of thioether (sulfide) groups is 1. The molecule has 152 valence electrons. The highest BCUT2D eigenvalue weighted by Gasteiger charge is 2.14. The molecule has 0 aliphatic carbocycles. The number of nitrogens with zero attached hydrogens (tertiary/aromatic N) is 4. The Labute approximate surface area is 181 Å². The van der Waals surface area contributed by atoms with Gasteiger partial charge in [-0.05, 0) is 42.8 Å². The molecule has 0 saturated carbocycles. The lowest BCUT2D eigenvalue weighted by Gasteiger charge is -2.13. The van der Waals surface area contributed by atoms with E-state index in [1.165, 1.54) is 22.2 Å². The molecule has 0 N–H and O–H groups in total. The zero-order valence-electron chi connectivity index (χ0n) is 16.7. The molecule has 0 aliphatic rings. The fourth-order valence-electron chi connectivity index (χ4n) is 3.48. The van der Waals surface area contributed by atoms with Gasteiger partial charge in [0.2, 0.25) is 0 Å². The van der Waals surface area contributed by atoms with Crippen molar-refractivity contribution in [2.75, 3.05) is 0 Å². The van der Waals surface area contributed by atoms with Crippen LogP contribution in [0.1, 0.15) is 11.3 Å². The minimum Gasteiger partial charge on any atom is -0.269 e. The van der Waals surface area contributed by atoms with Gasteiger partial charge in [-0.3, -0.25) is 18.6 Å². The number of para-hydroxylation sites is 2. The van der Waals surface area contributed by atoms with Gasteiger partial charge in [0.15, 0.2) is 5.16 Å². The molecule has 0 unspecified atom stereocenters. The zero-order chi connectivity index (χ0) is 21.4. The maximum absolute atomic E-state index is 13.3. The molecule has 5 aromatic rings. The van der Waals surface area contributed by atoms with Crippen molar-refractivity contribution in [2.45, 2.75) is 17.8 Å². The Morgan fingerprint density at radius 3 is 2.52 bits per heavy atom. The summed E-state index contributed by atoms with van der Waals surface area (Å²) in [4.78, 5) is 35.1. The van der Waals surface area contributed by atoms with E-state index in [0.717, 1.165) is 11.3 Å². The third-order valence-corrected chi connectivity index (χ3v) is 5.94. The number of hydrogen-bond acceptors (Lipinski definition) is 5. The second-order valence-electron chi connectivity index (χ2n) is 7.20. The molecule has 7 heteroatoms. The first kappa shape index (κ1) is 19.3. The molecule has 3 aromatic heterocycles. The van der Waals surface area contributed by atoms with Crippen LogP contribution in [0.15, 0.2) is 93.7 Å². The molecule has 3 heterocycles. The van der Waals surface area contributed by atoms with Crippen molar-refractivity contribution in [3.05, 3.63) is 111 Å². The van der Waals surface area contributed by atoms with Crippen LogP contribution >= 0.6 is 11.8 Å². The van der Waals surface area contributed by atoms with E-state index in [1.807, 2.05) is 67.6 Å². The fourth-order valence-corrected chi connectivity index (χ4v) is 4.39. The van der Waals surface area contributed by atoms with Gasteiger partial charge in [0.1, 0.15) is 5.65 Å². The van der Waals surface area contributed by atoms with Crippen molar-refractivity contribution in [3.63, 3.8) is 0 Å². The third kappa shape index (κ3) is 3.64. The molecule has 2 aromatic carbocycles. The van der Waals surface area contributed by atoms with Crippen LogP contribution in [0.2, 0.25) is 0 Å². The maximum Gasteiger partial charge on any atom is 0.266 e. The summed E-state index contributed by atoms with van der Waals surface area (Å²) in [7, 11) is 0.